The number of allylic oxidation sites excluding steroid dienone is 1. The second kappa shape index (κ2) is 8.13. The van der Waals surface area contributed by atoms with Gasteiger partial charge in [0, 0.05) is 18.0 Å². The molecule has 0 radical (unpaired) electrons. The van der Waals surface area contributed by atoms with Gasteiger partial charge >= 0.3 is 0 Å². The van der Waals surface area contributed by atoms with Crippen LogP contribution < -0.4 is 10.9 Å². The van der Waals surface area contributed by atoms with E-state index in [2.05, 4.69) is 27.6 Å². The number of hydrazine groups is 1. The van der Waals surface area contributed by atoms with Gasteiger partial charge in [0.1, 0.15) is 11.6 Å². The molecule has 7 nitrogen and oxygen atoms in total. The summed E-state index contributed by atoms with van der Waals surface area (Å²) in [6.07, 6.45) is 3.98. The number of hydrogen-bond donors (Lipinski definition) is 2. The van der Waals surface area contributed by atoms with Gasteiger partial charge < -0.3 is 4.57 Å². The highest BCUT2D eigenvalue weighted by Gasteiger charge is 2.30. The first-order chi connectivity index (χ1) is 12.6. The van der Waals surface area contributed by atoms with Crippen LogP contribution in [0.4, 0.5) is 4.39 Å². The van der Waals surface area contributed by atoms with E-state index in [1.165, 1.54) is 36.0 Å². The number of benzene rings is 1. The monoisotopic (exact) mass is 375 g/mol. The molecule has 3 rings (SSSR count). The quantitative estimate of drug-likeness (QED) is 0.439. The van der Waals surface area contributed by atoms with Gasteiger partial charge in [0.05, 0.1) is 5.75 Å². The lowest BCUT2D eigenvalue weighted by molar-refractivity contribution is -0.119. The van der Waals surface area contributed by atoms with Crippen LogP contribution in [0.3, 0.4) is 0 Å². The Morgan fingerprint density at radius 3 is 2.65 bits per heavy atom. The molecule has 0 atom stereocenters. The van der Waals surface area contributed by atoms with E-state index < -0.39 is 11.7 Å². The maximum Gasteiger partial charge on any atom is 0.269 e. The minimum atomic E-state index is -0.519. The highest BCUT2D eigenvalue weighted by atomic mass is 32.2. The molecule has 0 spiro atoms. The average molecular weight is 375 g/mol. The fourth-order valence-electron chi connectivity index (χ4n) is 2.32. The van der Waals surface area contributed by atoms with E-state index >= 15 is 0 Å². The van der Waals surface area contributed by atoms with Crippen molar-refractivity contribution in [1.29, 1.82) is 0 Å². The minimum Gasteiger partial charge on any atom is -0.302 e. The molecule has 2 aromatic rings. The van der Waals surface area contributed by atoms with Crippen LogP contribution >= 0.6 is 11.8 Å². The van der Waals surface area contributed by atoms with Crippen LogP contribution in [0.5, 0.6) is 0 Å². The maximum atomic E-state index is 12.8. The smallest absolute Gasteiger partial charge is 0.269 e. The van der Waals surface area contributed by atoms with E-state index in [0.29, 0.717) is 17.6 Å². The van der Waals surface area contributed by atoms with Gasteiger partial charge in [-0.25, -0.2) is 4.39 Å². The first kappa shape index (κ1) is 18.1. The van der Waals surface area contributed by atoms with Crippen molar-refractivity contribution < 1.29 is 14.0 Å². The second-order valence-electron chi connectivity index (χ2n) is 5.81. The number of halogens is 1. The Bertz CT molecular complexity index is 817. The molecule has 9 heteroatoms. The van der Waals surface area contributed by atoms with Crippen molar-refractivity contribution in [3.05, 3.63) is 54.1 Å². The van der Waals surface area contributed by atoms with Crippen molar-refractivity contribution in [1.82, 2.24) is 25.6 Å². The van der Waals surface area contributed by atoms with E-state index in [-0.39, 0.29) is 17.2 Å². The molecule has 0 aliphatic heterocycles. The Kier molecular flexibility index (Phi) is 5.67. The number of hydrogen-bond acceptors (Lipinski definition) is 5. The zero-order chi connectivity index (χ0) is 18.5. The molecule has 0 bridgehead atoms. The zero-order valence-electron chi connectivity index (χ0n) is 13.9. The third-order valence-electron chi connectivity index (χ3n) is 3.75. The van der Waals surface area contributed by atoms with Crippen LogP contribution in [0.1, 0.15) is 34.9 Å². The highest BCUT2D eigenvalue weighted by molar-refractivity contribution is 7.99. The summed E-state index contributed by atoms with van der Waals surface area (Å²) in [7, 11) is 0. The van der Waals surface area contributed by atoms with Gasteiger partial charge in [-0.2, -0.15) is 0 Å². The van der Waals surface area contributed by atoms with Crippen LogP contribution in [0.2, 0.25) is 0 Å². The summed E-state index contributed by atoms with van der Waals surface area (Å²) in [4.78, 5) is 23.8. The van der Waals surface area contributed by atoms with Crippen molar-refractivity contribution in [2.75, 3.05) is 5.75 Å². The molecule has 26 heavy (non-hydrogen) atoms. The number of nitrogens with zero attached hydrogens (tertiary/aromatic N) is 3. The van der Waals surface area contributed by atoms with Crippen LogP contribution in [0, 0.1) is 5.82 Å². The number of aromatic nitrogens is 3. The van der Waals surface area contributed by atoms with E-state index in [9.17, 15) is 14.0 Å². The topological polar surface area (TPSA) is 88.9 Å². The third-order valence-corrected chi connectivity index (χ3v) is 4.72. The van der Waals surface area contributed by atoms with E-state index in [1.807, 2.05) is 4.57 Å². The fourth-order valence-corrected chi connectivity index (χ4v) is 3.07. The van der Waals surface area contributed by atoms with E-state index in [4.69, 9.17) is 0 Å². The molecule has 0 saturated heterocycles. The summed E-state index contributed by atoms with van der Waals surface area (Å²) in [5.41, 5.74) is 4.87. The highest BCUT2D eigenvalue weighted by Crippen LogP contribution is 2.39. The van der Waals surface area contributed by atoms with Crippen molar-refractivity contribution in [2.45, 2.75) is 30.5 Å². The molecule has 1 aromatic heterocycles. The maximum absolute atomic E-state index is 12.8. The van der Waals surface area contributed by atoms with E-state index in [0.717, 1.165) is 18.7 Å². The Labute approximate surface area is 154 Å². The summed E-state index contributed by atoms with van der Waals surface area (Å²) >= 11 is 1.24. The molecule has 1 heterocycles. The van der Waals surface area contributed by atoms with Gasteiger partial charge in [0.15, 0.2) is 5.16 Å². The minimum absolute atomic E-state index is 0.0731. The molecule has 1 saturated carbocycles. The van der Waals surface area contributed by atoms with E-state index in [1.54, 1.807) is 6.08 Å². The molecular formula is C17H18FN5O2S. The molecule has 1 aliphatic rings. The summed E-state index contributed by atoms with van der Waals surface area (Å²) in [6, 6.07) is 5.03. The second-order valence-corrected chi connectivity index (χ2v) is 6.75. The summed E-state index contributed by atoms with van der Waals surface area (Å²) < 4.78 is 14.8. The molecule has 1 aromatic carbocycles. The van der Waals surface area contributed by atoms with Crippen LogP contribution in [-0.2, 0) is 11.3 Å². The average Bonchev–Trinajstić information content (AvgIpc) is 3.41. The Morgan fingerprint density at radius 2 is 2.00 bits per heavy atom. The molecule has 136 valence electrons. The largest absolute Gasteiger partial charge is 0.302 e. The van der Waals surface area contributed by atoms with Crippen LogP contribution in [0.25, 0.3) is 0 Å². The van der Waals surface area contributed by atoms with Gasteiger partial charge in [0.2, 0.25) is 5.91 Å². The lowest BCUT2D eigenvalue weighted by Gasteiger charge is -2.08. The van der Waals surface area contributed by atoms with Gasteiger partial charge in [0.25, 0.3) is 5.91 Å². The lowest BCUT2D eigenvalue weighted by atomic mass is 10.2. The number of nitrogens with one attached hydrogen (secondary N) is 2. The zero-order valence-corrected chi connectivity index (χ0v) is 14.8. The summed E-state index contributed by atoms with van der Waals surface area (Å²) in [5, 5.41) is 9.00. The first-order valence-electron chi connectivity index (χ1n) is 8.10. The number of carbonyl (C=O) groups excluding carboxylic acids is 2. The van der Waals surface area contributed by atoms with Crippen molar-refractivity contribution in [3.8, 4) is 0 Å². The Morgan fingerprint density at radius 1 is 1.27 bits per heavy atom. The first-order valence-corrected chi connectivity index (χ1v) is 9.08. The number of carbonyl (C=O) groups is 2. The van der Waals surface area contributed by atoms with Crippen molar-refractivity contribution in [3.63, 3.8) is 0 Å². The van der Waals surface area contributed by atoms with Crippen LogP contribution in [0.15, 0.2) is 42.1 Å². The molecular weight excluding hydrogens is 357 g/mol. The Hall–Kier alpha value is -2.68. The van der Waals surface area contributed by atoms with Crippen molar-refractivity contribution in [2.24, 2.45) is 0 Å². The standard InChI is InChI=1S/C17H18FN5O2S/c1-2-9-23-15(11-3-4-11)20-22-17(23)26-10-14(24)19-21-16(25)12-5-7-13(18)8-6-12/h2,5-8,11H,1,3-4,9-10H2,(H,19,24)(H,21,25). The Balaban J connectivity index is 1.50. The summed E-state index contributed by atoms with van der Waals surface area (Å²) in [6.45, 7) is 4.33. The van der Waals surface area contributed by atoms with Crippen molar-refractivity contribution >= 4 is 23.6 Å². The van der Waals surface area contributed by atoms with Gasteiger partial charge in [-0.15, -0.1) is 16.8 Å². The van der Waals surface area contributed by atoms with Crippen LogP contribution in [-0.4, -0.2) is 32.3 Å². The van der Waals surface area contributed by atoms with Gasteiger partial charge in [-0.3, -0.25) is 20.4 Å². The predicted octanol–water partition coefficient (Wildman–Crippen LogP) is 2.03. The molecule has 1 aliphatic carbocycles. The third kappa shape index (κ3) is 4.48. The van der Waals surface area contributed by atoms with Gasteiger partial charge in [-0.1, -0.05) is 17.8 Å². The lowest BCUT2D eigenvalue weighted by Crippen LogP contribution is -2.42. The number of amides is 2. The SMILES string of the molecule is C=CCn1c(SCC(=O)NNC(=O)c2ccc(F)cc2)nnc1C1CC1. The molecule has 2 N–H and O–H groups in total. The molecule has 2 amide bonds. The fraction of sp³-hybridized carbons (Fsp3) is 0.294. The normalized spacial score (nSPS) is 13.3. The summed E-state index contributed by atoms with van der Waals surface area (Å²) in [5.74, 6) is 0.110. The number of rotatable bonds is 7. The van der Waals surface area contributed by atoms with Gasteiger partial charge in [-0.05, 0) is 37.1 Å². The molecule has 0 unspecified atom stereocenters. The number of thioether (sulfide) groups is 1. The molecule has 1 fully saturated rings. The predicted molar refractivity (Wildman–Crippen MR) is 94.9 cm³/mol.